The number of rotatable bonds is 0. The Bertz CT molecular complexity index is 307. The van der Waals surface area contributed by atoms with Crippen LogP contribution in [0.2, 0.25) is 0 Å². The monoisotopic (exact) mass is 236 g/mol. The first-order chi connectivity index (χ1) is 5.77. The van der Waals surface area contributed by atoms with Crippen molar-refractivity contribution in [2.24, 2.45) is 0 Å². The van der Waals surface area contributed by atoms with Crippen LogP contribution in [0.5, 0.6) is 5.75 Å². The third-order valence-corrected chi connectivity index (χ3v) is 2.08. The summed E-state index contributed by atoms with van der Waals surface area (Å²) in [4.78, 5) is 2.16. The van der Waals surface area contributed by atoms with Gasteiger partial charge in [-0.05, 0) is 12.1 Å². The molecule has 0 bridgehead atoms. The van der Waals surface area contributed by atoms with Crippen LogP contribution in [-0.2, 0) is 0 Å². The molecule has 1 heterocycles. The minimum Gasteiger partial charge on any atom is -0.489 e. The molecule has 2 N–H and O–H groups in total. The summed E-state index contributed by atoms with van der Waals surface area (Å²) in [6, 6.07) is 5.75. The maximum Gasteiger partial charge on any atom is 0.144 e. The molecule has 0 fully saturated rings. The van der Waals surface area contributed by atoms with E-state index >= 15 is 0 Å². The summed E-state index contributed by atoms with van der Waals surface area (Å²) in [6.45, 7) is 1.68. The number of hydrogen-bond acceptors (Lipinski definition) is 3. The number of nitrogens with two attached hydrogens (primary N) is 1. The summed E-state index contributed by atoms with van der Waals surface area (Å²) < 4.78 is 5.45. The molecule has 5 heteroatoms. The van der Waals surface area contributed by atoms with E-state index < -0.39 is 0 Å². The van der Waals surface area contributed by atoms with Gasteiger partial charge in [-0.25, -0.2) is 0 Å². The fourth-order valence-electron chi connectivity index (χ4n) is 1.37. The highest BCUT2D eigenvalue weighted by molar-refractivity contribution is 5.85. The lowest BCUT2D eigenvalue weighted by molar-refractivity contribution is 0.311. The first-order valence-corrected chi connectivity index (χ1v) is 4.01. The van der Waals surface area contributed by atoms with Crippen molar-refractivity contribution < 1.29 is 4.74 Å². The van der Waals surface area contributed by atoms with Gasteiger partial charge >= 0.3 is 0 Å². The molecule has 1 aromatic carbocycles. The Morgan fingerprint density at radius 1 is 1.36 bits per heavy atom. The van der Waals surface area contributed by atoms with Gasteiger partial charge in [-0.1, -0.05) is 0 Å². The van der Waals surface area contributed by atoms with Gasteiger partial charge < -0.3 is 15.4 Å². The fraction of sp³-hybridized carbons (Fsp3) is 0.333. The average molecular weight is 237 g/mol. The molecule has 3 nitrogen and oxygen atoms in total. The van der Waals surface area contributed by atoms with Gasteiger partial charge in [-0.3, -0.25) is 0 Å². The summed E-state index contributed by atoms with van der Waals surface area (Å²) in [6.07, 6.45) is 0. The molecule has 0 aromatic heterocycles. The Labute approximate surface area is 96.0 Å². The first kappa shape index (κ1) is 13.2. The van der Waals surface area contributed by atoms with E-state index in [1.807, 2.05) is 18.2 Å². The summed E-state index contributed by atoms with van der Waals surface area (Å²) >= 11 is 0. The van der Waals surface area contributed by atoms with E-state index in [1.165, 1.54) is 0 Å². The Kier molecular flexibility index (Phi) is 4.88. The maximum atomic E-state index is 5.63. The zero-order valence-electron chi connectivity index (χ0n) is 7.90. The molecule has 1 aliphatic rings. The molecule has 0 spiro atoms. The minimum absolute atomic E-state index is 0. The third-order valence-electron chi connectivity index (χ3n) is 2.08. The van der Waals surface area contributed by atoms with Crippen LogP contribution in [0.25, 0.3) is 0 Å². The van der Waals surface area contributed by atoms with Gasteiger partial charge in [0.25, 0.3) is 0 Å². The molecular weight excluding hydrogens is 223 g/mol. The number of likely N-dealkylation sites (N-methyl/N-ethyl adjacent to an activating group) is 1. The van der Waals surface area contributed by atoms with Crippen LogP contribution in [0.15, 0.2) is 18.2 Å². The highest BCUT2D eigenvalue weighted by Gasteiger charge is 2.13. The van der Waals surface area contributed by atoms with Crippen molar-refractivity contribution in [1.29, 1.82) is 0 Å². The highest BCUT2D eigenvalue weighted by Crippen LogP contribution is 2.31. The van der Waals surface area contributed by atoms with Crippen LogP contribution < -0.4 is 15.4 Å². The standard InChI is InChI=1S/C9H12N2O.2ClH/c1-11-4-5-12-9-6-7(10)2-3-8(9)11;;/h2-3,6H,4-5,10H2,1H3;2*1H. The van der Waals surface area contributed by atoms with Crippen molar-refractivity contribution in [1.82, 2.24) is 0 Å². The van der Waals surface area contributed by atoms with Crippen molar-refractivity contribution in [3.05, 3.63) is 18.2 Å². The molecule has 0 saturated carbocycles. The van der Waals surface area contributed by atoms with E-state index in [-0.39, 0.29) is 24.8 Å². The Morgan fingerprint density at radius 3 is 2.79 bits per heavy atom. The van der Waals surface area contributed by atoms with E-state index in [0.717, 1.165) is 30.3 Å². The van der Waals surface area contributed by atoms with Crippen LogP contribution in [0.3, 0.4) is 0 Å². The molecule has 0 aliphatic carbocycles. The second-order valence-corrected chi connectivity index (χ2v) is 3.00. The number of ether oxygens (including phenoxy) is 1. The van der Waals surface area contributed by atoms with Crippen molar-refractivity contribution >= 4 is 36.2 Å². The van der Waals surface area contributed by atoms with Crippen LogP contribution >= 0.6 is 24.8 Å². The van der Waals surface area contributed by atoms with Gasteiger partial charge in [0, 0.05) is 18.8 Å². The molecular formula is C9H14Cl2N2O. The molecule has 0 saturated heterocycles. The number of nitrogens with zero attached hydrogens (tertiary/aromatic N) is 1. The van der Waals surface area contributed by atoms with Gasteiger partial charge in [0.1, 0.15) is 12.4 Å². The normalized spacial score (nSPS) is 13.1. The van der Waals surface area contributed by atoms with Crippen LogP contribution in [0.4, 0.5) is 11.4 Å². The van der Waals surface area contributed by atoms with Crippen LogP contribution in [0.1, 0.15) is 0 Å². The zero-order chi connectivity index (χ0) is 8.55. The molecule has 2 rings (SSSR count). The van der Waals surface area contributed by atoms with Crippen molar-refractivity contribution in [3.8, 4) is 5.75 Å². The van der Waals surface area contributed by atoms with Crippen LogP contribution in [0, 0.1) is 0 Å². The third kappa shape index (κ3) is 2.36. The van der Waals surface area contributed by atoms with Crippen molar-refractivity contribution in [2.45, 2.75) is 0 Å². The Morgan fingerprint density at radius 2 is 2.07 bits per heavy atom. The number of halogens is 2. The lowest BCUT2D eigenvalue weighted by Gasteiger charge is -2.27. The Balaban J connectivity index is 0.000000845. The van der Waals surface area contributed by atoms with Gasteiger partial charge in [0.05, 0.1) is 12.2 Å². The second-order valence-electron chi connectivity index (χ2n) is 3.00. The predicted octanol–water partition coefficient (Wildman–Crippen LogP) is 1.94. The van der Waals surface area contributed by atoms with Crippen molar-refractivity contribution in [3.63, 3.8) is 0 Å². The summed E-state index contributed by atoms with van der Waals surface area (Å²) in [5.74, 6) is 0.892. The molecule has 1 aromatic rings. The molecule has 0 amide bonds. The van der Waals surface area contributed by atoms with Crippen LogP contribution in [-0.4, -0.2) is 20.2 Å². The average Bonchev–Trinajstić information content (AvgIpc) is 2.04. The maximum absolute atomic E-state index is 5.63. The van der Waals surface area contributed by atoms with E-state index in [2.05, 4.69) is 11.9 Å². The molecule has 1 aliphatic heterocycles. The SMILES string of the molecule is CN1CCOc2cc(N)ccc21.Cl.Cl. The highest BCUT2D eigenvalue weighted by atomic mass is 35.5. The largest absolute Gasteiger partial charge is 0.489 e. The molecule has 0 atom stereocenters. The van der Waals surface area contributed by atoms with Gasteiger partial charge in [-0.15, -0.1) is 24.8 Å². The number of hydrogen-bond donors (Lipinski definition) is 1. The molecule has 0 unspecified atom stereocenters. The number of anilines is 2. The fourth-order valence-corrected chi connectivity index (χ4v) is 1.37. The summed E-state index contributed by atoms with van der Waals surface area (Å²) in [5.41, 5.74) is 7.50. The topological polar surface area (TPSA) is 38.5 Å². The number of nitrogen functional groups attached to an aromatic ring is 1. The minimum atomic E-state index is 0. The predicted molar refractivity (Wildman–Crippen MR) is 64.1 cm³/mol. The van der Waals surface area contributed by atoms with E-state index in [9.17, 15) is 0 Å². The molecule has 0 radical (unpaired) electrons. The van der Waals surface area contributed by atoms with E-state index in [4.69, 9.17) is 10.5 Å². The van der Waals surface area contributed by atoms with Gasteiger partial charge in [0.2, 0.25) is 0 Å². The number of benzene rings is 1. The molecule has 80 valence electrons. The van der Waals surface area contributed by atoms with E-state index in [0.29, 0.717) is 0 Å². The number of fused-ring (bicyclic) bond motifs is 1. The quantitative estimate of drug-likeness (QED) is 0.701. The van der Waals surface area contributed by atoms with Gasteiger partial charge in [-0.2, -0.15) is 0 Å². The smallest absolute Gasteiger partial charge is 0.144 e. The summed E-state index contributed by atoms with van der Waals surface area (Å²) in [7, 11) is 2.05. The molecule has 14 heavy (non-hydrogen) atoms. The first-order valence-electron chi connectivity index (χ1n) is 4.01. The van der Waals surface area contributed by atoms with Crippen molar-refractivity contribution in [2.75, 3.05) is 30.8 Å². The lowest BCUT2D eigenvalue weighted by Crippen LogP contribution is -2.28. The second kappa shape index (κ2) is 5.17. The van der Waals surface area contributed by atoms with Gasteiger partial charge in [0.15, 0.2) is 0 Å². The zero-order valence-corrected chi connectivity index (χ0v) is 9.53. The Hall–Kier alpha value is -0.800. The lowest BCUT2D eigenvalue weighted by atomic mass is 10.2. The van der Waals surface area contributed by atoms with E-state index in [1.54, 1.807) is 0 Å². The summed E-state index contributed by atoms with van der Waals surface area (Å²) in [5, 5.41) is 0.